The molecule has 24 heavy (non-hydrogen) atoms. The predicted molar refractivity (Wildman–Crippen MR) is 102 cm³/mol. The van der Waals surface area contributed by atoms with E-state index in [1.54, 1.807) is 17.9 Å². The summed E-state index contributed by atoms with van der Waals surface area (Å²) in [5.41, 5.74) is 1.65. The van der Waals surface area contributed by atoms with Gasteiger partial charge in [-0.1, -0.05) is 36.4 Å². The monoisotopic (exact) mass is 437 g/mol. The second-order valence-corrected chi connectivity index (χ2v) is 6.52. The minimum atomic E-state index is -0.286. The first kappa shape index (κ1) is 18.4. The molecule has 0 spiro atoms. The Hall–Kier alpha value is -1.89. The fourth-order valence-electron chi connectivity index (χ4n) is 2.32. The van der Waals surface area contributed by atoms with E-state index in [0.717, 1.165) is 9.13 Å². The van der Waals surface area contributed by atoms with Gasteiger partial charge in [-0.15, -0.1) is 0 Å². The van der Waals surface area contributed by atoms with Crippen LogP contribution in [0, 0.1) is 3.57 Å². The summed E-state index contributed by atoms with van der Waals surface area (Å²) in [6.45, 7) is 2.92. The Bertz CT molecular complexity index is 688. The van der Waals surface area contributed by atoms with Crippen LogP contribution < -0.4 is 0 Å². The molecule has 0 aromatic heterocycles. The number of carbonyl (C=O) groups is 2. The van der Waals surface area contributed by atoms with Gasteiger partial charge in [0.2, 0.25) is 0 Å². The van der Waals surface area contributed by atoms with E-state index in [-0.39, 0.29) is 18.3 Å². The highest BCUT2D eigenvalue weighted by atomic mass is 127. The molecule has 0 saturated carbocycles. The summed E-state index contributed by atoms with van der Waals surface area (Å²) >= 11 is 2.18. The van der Waals surface area contributed by atoms with Crippen molar-refractivity contribution in [2.45, 2.75) is 19.9 Å². The van der Waals surface area contributed by atoms with Crippen molar-refractivity contribution in [2.75, 3.05) is 13.2 Å². The highest BCUT2D eigenvalue weighted by molar-refractivity contribution is 14.1. The average Bonchev–Trinajstić information content (AvgIpc) is 2.59. The van der Waals surface area contributed by atoms with Crippen LogP contribution in [-0.4, -0.2) is 29.9 Å². The van der Waals surface area contributed by atoms with Crippen LogP contribution in [0.2, 0.25) is 0 Å². The molecule has 0 saturated heterocycles. The molecule has 2 aromatic rings. The van der Waals surface area contributed by atoms with Gasteiger partial charge in [0, 0.05) is 22.2 Å². The lowest BCUT2D eigenvalue weighted by atomic mass is 10.1. The second kappa shape index (κ2) is 9.42. The lowest BCUT2D eigenvalue weighted by molar-refractivity contribution is -0.143. The second-order valence-electron chi connectivity index (χ2n) is 5.28. The minimum Gasteiger partial charge on any atom is -0.466 e. The van der Waals surface area contributed by atoms with Crippen LogP contribution in [0.1, 0.15) is 29.3 Å². The third kappa shape index (κ3) is 5.63. The Morgan fingerprint density at radius 3 is 2.50 bits per heavy atom. The molecule has 0 aliphatic heterocycles. The summed E-state index contributed by atoms with van der Waals surface area (Å²) < 4.78 is 5.97. The largest absolute Gasteiger partial charge is 0.466 e. The molecule has 0 N–H and O–H groups in total. The van der Waals surface area contributed by atoms with Crippen molar-refractivity contribution in [3.05, 3.63) is 69.3 Å². The molecule has 1 amide bonds. The average molecular weight is 437 g/mol. The standard InChI is InChI=1S/C19H20INO3/c1-2-24-18(22)11-12-21(14-15-7-4-3-5-8-15)19(23)16-9-6-10-17(20)13-16/h3-10,13H,2,11-12,14H2,1H3. The zero-order chi connectivity index (χ0) is 17.4. The van der Waals surface area contributed by atoms with Crippen LogP contribution in [0.15, 0.2) is 54.6 Å². The van der Waals surface area contributed by atoms with E-state index < -0.39 is 0 Å². The zero-order valence-corrected chi connectivity index (χ0v) is 15.7. The molecule has 0 aliphatic carbocycles. The Morgan fingerprint density at radius 2 is 1.83 bits per heavy atom. The number of rotatable bonds is 7. The van der Waals surface area contributed by atoms with E-state index in [0.29, 0.717) is 25.3 Å². The number of hydrogen-bond donors (Lipinski definition) is 0. The Kier molecular flexibility index (Phi) is 7.24. The highest BCUT2D eigenvalue weighted by Gasteiger charge is 2.18. The van der Waals surface area contributed by atoms with Gasteiger partial charge in [-0.3, -0.25) is 9.59 Å². The molecule has 0 aliphatic rings. The molecular weight excluding hydrogens is 417 g/mol. The zero-order valence-electron chi connectivity index (χ0n) is 13.6. The molecule has 0 radical (unpaired) electrons. The number of nitrogens with zero attached hydrogens (tertiary/aromatic N) is 1. The summed E-state index contributed by atoms with van der Waals surface area (Å²) in [6.07, 6.45) is 0.191. The maximum Gasteiger partial charge on any atom is 0.307 e. The third-order valence-electron chi connectivity index (χ3n) is 3.47. The number of ether oxygens (including phenoxy) is 1. The van der Waals surface area contributed by atoms with Crippen LogP contribution in [0.5, 0.6) is 0 Å². The van der Waals surface area contributed by atoms with Crippen molar-refractivity contribution < 1.29 is 14.3 Å². The quantitative estimate of drug-likeness (QED) is 0.488. The van der Waals surface area contributed by atoms with Crippen molar-refractivity contribution in [1.29, 1.82) is 0 Å². The van der Waals surface area contributed by atoms with E-state index >= 15 is 0 Å². The SMILES string of the molecule is CCOC(=O)CCN(Cc1ccccc1)C(=O)c1cccc(I)c1. The van der Waals surface area contributed by atoms with Crippen molar-refractivity contribution in [3.63, 3.8) is 0 Å². The highest BCUT2D eigenvalue weighted by Crippen LogP contribution is 2.14. The van der Waals surface area contributed by atoms with Crippen LogP contribution in [-0.2, 0) is 16.1 Å². The Labute approximate surface area is 156 Å². The van der Waals surface area contributed by atoms with Gasteiger partial charge in [-0.25, -0.2) is 0 Å². The Morgan fingerprint density at radius 1 is 1.08 bits per heavy atom. The maximum atomic E-state index is 12.8. The number of carbonyl (C=O) groups excluding carboxylic acids is 2. The Balaban J connectivity index is 2.14. The summed E-state index contributed by atoms with van der Waals surface area (Å²) in [6, 6.07) is 17.2. The van der Waals surface area contributed by atoms with Crippen LogP contribution in [0.25, 0.3) is 0 Å². The van der Waals surface area contributed by atoms with E-state index in [9.17, 15) is 9.59 Å². The third-order valence-corrected chi connectivity index (χ3v) is 4.14. The lowest BCUT2D eigenvalue weighted by Crippen LogP contribution is -2.33. The topological polar surface area (TPSA) is 46.6 Å². The van der Waals surface area contributed by atoms with E-state index in [4.69, 9.17) is 4.74 Å². The number of benzene rings is 2. The molecule has 0 fully saturated rings. The van der Waals surface area contributed by atoms with Crippen molar-refractivity contribution in [2.24, 2.45) is 0 Å². The first-order valence-electron chi connectivity index (χ1n) is 7.84. The van der Waals surface area contributed by atoms with Gasteiger partial charge < -0.3 is 9.64 Å². The minimum absolute atomic E-state index is 0.0818. The normalized spacial score (nSPS) is 10.2. The van der Waals surface area contributed by atoms with Gasteiger partial charge in [0.25, 0.3) is 5.91 Å². The lowest BCUT2D eigenvalue weighted by Gasteiger charge is -2.23. The maximum absolute atomic E-state index is 12.8. The predicted octanol–water partition coefficient (Wildman–Crippen LogP) is 3.89. The summed E-state index contributed by atoms with van der Waals surface area (Å²) in [7, 11) is 0. The van der Waals surface area contributed by atoms with Crippen molar-refractivity contribution in [1.82, 2.24) is 4.90 Å². The first-order valence-corrected chi connectivity index (χ1v) is 8.92. The van der Waals surface area contributed by atoms with E-state index in [2.05, 4.69) is 22.6 Å². The molecular formula is C19H20INO3. The first-order chi connectivity index (χ1) is 11.6. The molecule has 4 nitrogen and oxygen atoms in total. The van der Waals surface area contributed by atoms with E-state index in [1.807, 2.05) is 48.5 Å². The van der Waals surface area contributed by atoms with Gasteiger partial charge in [0.05, 0.1) is 13.0 Å². The molecule has 0 heterocycles. The fraction of sp³-hybridized carbons (Fsp3) is 0.263. The van der Waals surface area contributed by atoms with Gasteiger partial charge >= 0.3 is 5.97 Å². The molecule has 0 atom stereocenters. The van der Waals surface area contributed by atoms with Gasteiger partial charge in [0.15, 0.2) is 0 Å². The van der Waals surface area contributed by atoms with E-state index in [1.165, 1.54) is 0 Å². The van der Waals surface area contributed by atoms with Crippen molar-refractivity contribution >= 4 is 34.5 Å². The molecule has 2 aromatic carbocycles. The number of amides is 1. The van der Waals surface area contributed by atoms with Crippen LogP contribution in [0.4, 0.5) is 0 Å². The summed E-state index contributed by atoms with van der Waals surface area (Å²) in [5.74, 6) is -0.368. The fourth-order valence-corrected chi connectivity index (χ4v) is 2.86. The van der Waals surface area contributed by atoms with Crippen molar-refractivity contribution in [3.8, 4) is 0 Å². The molecule has 5 heteroatoms. The molecule has 0 unspecified atom stereocenters. The van der Waals surface area contributed by atoms with Gasteiger partial charge in [-0.2, -0.15) is 0 Å². The summed E-state index contributed by atoms with van der Waals surface area (Å²) in [4.78, 5) is 26.2. The smallest absolute Gasteiger partial charge is 0.307 e. The number of hydrogen-bond acceptors (Lipinski definition) is 3. The number of halogens is 1. The number of esters is 1. The molecule has 126 valence electrons. The van der Waals surface area contributed by atoms with Crippen LogP contribution >= 0.6 is 22.6 Å². The van der Waals surface area contributed by atoms with Crippen LogP contribution in [0.3, 0.4) is 0 Å². The molecule has 0 bridgehead atoms. The van der Waals surface area contributed by atoms with Gasteiger partial charge in [-0.05, 0) is 53.3 Å². The van der Waals surface area contributed by atoms with Gasteiger partial charge in [0.1, 0.15) is 0 Å². The summed E-state index contributed by atoms with van der Waals surface area (Å²) in [5, 5.41) is 0. The molecule has 2 rings (SSSR count).